The number of aryl methyl sites for hydroxylation is 1. The van der Waals surface area contributed by atoms with Crippen LogP contribution in [0, 0.1) is 18.2 Å². The van der Waals surface area contributed by atoms with Crippen LogP contribution >= 0.6 is 23.1 Å². The zero-order chi connectivity index (χ0) is 12.4. The largest absolute Gasteiger partial charge is 0.384 e. The summed E-state index contributed by atoms with van der Waals surface area (Å²) in [6.45, 7) is 1.84. The zero-order valence-corrected chi connectivity index (χ0v) is 10.5. The van der Waals surface area contributed by atoms with Crippen LogP contribution in [0.2, 0.25) is 0 Å². The average molecular weight is 268 g/mol. The predicted octanol–water partition coefficient (Wildman–Crippen LogP) is 2.42. The van der Waals surface area contributed by atoms with Gasteiger partial charge in [0.05, 0.1) is 4.90 Å². The number of nitrogens with zero attached hydrogens (tertiary/aromatic N) is 2. The van der Waals surface area contributed by atoms with E-state index in [0.717, 1.165) is 5.01 Å². The molecule has 1 heterocycles. The second kappa shape index (κ2) is 4.80. The molecule has 0 unspecified atom stereocenters. The maximum Gasteiger partial charge on any atom is 0.179 e. The van der Waals surface area contributed by atoms with Crippen LogP contribution in [0.15, 0.2) is 27.4 Å². The van der Waals surface area contributed by atoms with Gasteiger partial charge in [-0.25, -0.2) is 4.39 Å². The van der Waals surface area contributed by atoms with Gasteiger partial charge in [-0.1, -0.05) is 23.1 Å². The van der Waals surface area contributed by atoms with Crippen molar-refractivity contribution >= 4 is 28.9 Å². The maximum atomic E-state index is 13.7. The minimum absolute atomic E-state index is 0.146. The number of amidine groups is 1. The van der Waals surface area contributed by atoms with Crippen LogP contribution in [0.5, 0.6) is 0 Å². The number of nitrogens with one attached hydrogen (secondary N) is 1. The van der Waals surface area contributed by atoms with E-state index in [1.807, 2.05) is 6.92 Å². The molecule has 0 fully saturated rings. The fourth-order valence-electron chi connectivity index (χ4n) is 1.16. The molecule has 4 nitrogen and oxygen atoms in total. The molecule has 0 atom stereocenters. The van der Waals surface area contributed by atoms with Crippen LogP contribution in [0.3, 0.4) is 0 Å². The van der Waals surface area contributed by atoms with Crippen molar-refractivity contribution in [3.05, 3.63) is 34.6 Å². The van der Waals surface area contributed by atoms with Gasteiger partial charge in [0.25, 0.3) is 0 Å². The lowest BCUT2D eigenvalue weighted by Crippen LogP contribution is -2.11. The first kappa shape index (κ1) is 12.0. The molecule has 2 rings (SSSR count). The topological polar surface area (TPSA) is 75.7 Å². The quantitative estimate of drug-likeness (QED) is 0.662. The van der Waals surface area contributed by atoms with Gasteiger partial charge in [0.2, 0.25) is 0 Å². The van der Waals surface area contributed by atoms with Gasteiger partial charge in [0.15, 0.2) is 4.34 Å². The first-order valence-electron chi connectivity index (χ1n) is 4.68. The molecule has 88 valence electrons. The van der Waals surface area contributed by atoms with Gasteiger partial charge in [-0.05, 0) is 25.1 Å². The van der Waals surface area contributed by atoms with Gasteiger partial charge in [-0.15, -0.1) is 10.2 Å². The highest BCUT2D eigenvalue weighted by Gasteiger charge is 2.09. The summed E-state index contributed by atoms with van der Waals surface area (Å²) in [7, 11) is 0. The second-order valence-corrected chi connectivity index (χ2v) is 5.72. The van der Waals surface area contributed by atoms with Crippen LogP contribution < -0.4 is 5.73 Å². The molecule has 3 N–H and O–H groups in total. The Morgan fingerprint density at radius 1 is 1.47 bits per heavy atom. The molecule has 0 radical (unpaired) electrons. The Morgan fingerprint density at radius 3 is 2.76 bits per heavy atom. The predicted molar refractivity (Wildman–Crippen MR) is 66.2 cm³/mol. The third kappa shape index (κ3) is 2.80. The first-order valence-corrected chi connectivity index (χ1v) is 6.31. The molecule has 0 aliphatic rings. The molecule has 1 aromatic carbocycles. The fourth-order valence-corrected chi connectivity index (χ4v) is 2.94. The van der Waals surface area contributed by atoms with Gasteiger partial charge < -0.3 is 5.73 Å². The smallest absolute Gasteiger partial charge is 0.179 e. The normalized spacial score (nSPS) is 10.5. The minimum Gasteiger partial charge on any atom is -0.384 e. The Bertz CT molecular complexity index is 567. The van der Waals surface area contributed by atoms with Crippen LogP contribution in [-0.2, 0) is 0 Å². The number of rotatable bonds is 3. The Kier molecular flexibility index (Phi) is 3.39. The number of hydrogen-bond acceptors (Lipinski definition) is 5. The Morgan fingerprint density at radius 2 is 2.24 bits per heavy atom. The molecule has 17 heavy (non-hydrogen) atoms. The van der Waals surface area contributed by atoms with Crippen molar-refractivity contribution in [2.24, 2.45) is 5.73 Å². The minimum atomic E-state index is -0.407. The summed E-state index contributed by atoms with van der Waals surface area (Å²) in [6.07, 6.45) is 0. The van der Waals surface area contributed by atoms with Crippen LogP contribution in [0.4, 0.5) is 4.39 Å². The van der Waals surface area contributed by atoms with Crippen molar-refractivity contribution < 1.29 is 4.39 Å². The van der Waals surface area contributed by atoms with Gasteiger partial charge in [-0.3, -0.25) is 5.41 Å². The number of nitrogen functional groups attached to an aromatic ring is 1. The summed E-state index contributed by atoms with van der Waals surface area (Å²) in [5.74, 6) is -0.553. The van der Waals surface area contributed by atoms with E-state index >= 15 is 0 Å². The highest BCUT2D eigenvalue weighted by molar-refractivity contribution is 8.01. The summed E-state index contributed by atoms with van der Waals surface area (Å²) in [5, 5.41) is 15.8. The van der Waals surface area contributed by atoms with Crippen LogP contribution in [0.25, 0.3) is 0 Å². The van der Waals surface area contributed by atoms with E-state index in [9.17, 15) is 4.39 Å². The molecule has 1 aromatic heterocycles. The molecule has 7 heteroatoms. The average Bonchev–Trinajstić information content (AvgIpc) is 2.67. The van der Waals surface area contributed by atoms with Crippen molar-refractivity contribution in [1.29, 1.82) is 5.41 Å². The Labute approximate surface area is 106 Å². The van der Waals surface area contributed by atoms with E-state index < -0.39 is 5.82 Å². The fraction of sp³-hybridized carbons (Fsp3) is 0.100. The number of halogens is 1. The Balaban J connectivity index is 2.25. The summed E-state index contributed by atoms with van der Waals surface area (Å²) in [5.41, 5.74) is 5.65. The third-order valence-electron chi connectivity index (χ3n) is 1.95. The lowest BCUT2D eigenvalue weighted by atomic mass is 10.2. The van der Waals surface area contributed by atoms with Gasteiger partial charge in [0, 0.05) is 5.56 Å². The van der Waals surface area contributed by atoms with Gasteiger partial charge in [0.1, 0.15) is 16.7 Å². The SMILES string of the molecule is Cc1nnc(Sc2ccc(C(=N)N)cc2F)s1. The number of hydrogen-bond donors (Lipinski definition) is 2. The molecule has 2 aromatic rings. The standard InChI is InChI=1S/C10H9FN4S2/c1-5-14-15-10(16-5)17-8-3-2-6(9(12)13)4-7(8)11/h2-4H,1H3,(H3,12,13). The van der Waals surface area contributed by atoms with E-state index in [1.165, 1.54) is 29.2 Å². The molecule has 0 amide bonds. The molecular weight excluding hydrogens is 259 g/mol. The Hall–Kier alpha value is -1.47. The number of nitrogens with two attached hydrogens (primary N) is 1. The third-order valence-corrected chi connectivity index (χ3v) is 3.89. The zero-order valence-electron chi connectivity index (χ0n) is 8.90. The van der Waals surface area contributed by atoms with E-state index in [2.05, 4.69) is 10.2 Å². The molecule has 0 saturated carbocycles. The maximum absolute atomic E-state index is 13.7. The molecule has 0 spiro atoms. The number of aromatic nitrogens is 2. The highest BCUT2D eigenvalue weighted by atomic mass is 32.2. The van der Waals surface area contributed by atoms with Crippen LogP contribution in [-0.4, -0.2) is 16.0 Å². The van der Waals surface area contributed by atoms with E-state index in [4.69, 9.17) is 11.1 Å². The summed E-state index contributed by atoms with van der Waals surface area (Å²) in [6, 6.07) is 4.45. The molecule has 0 aliphatic carbocycles. The summed E-state index contributed by atoms with van der Waals surface area (Å²) in [4.78, 5) is 0.450. The molecule has 0 bridgehead atoms. The van der Waals surface area contributed by atoms with Crippen molar-refractivity contribution in [3.63, 3.8) is 0 Å². The highest BCUT2D eigenvalue weighted by Crippen LogP contribution is 2.31. The summed E-state index contributed by atoms with van der Waals surface area (Å²) >= 11 is 2.62. The van der Waals surface area contributed by atoms with E-state index in [1.54, 1.807) is 12.1 Å². The second-order valence-electron chi connectivity index (χ2n) is 3.25. The molecule has 0 saturated heterocycles. The molecular formula is C10H9FN4S2. The van der Waals surface area contributed by atoms with Crippen molar-refractivity contribution in [2.45, 2.75) is 16.2 Å². The first-order chi connectivity index (χ1) is 8.06. The monoisotopic (exact) mass is 268 g/mol. The van der Waals surface area contributed by atoms with Crippen LogP contribution in [0.1, 0.15) is 10.6 Å². The lowest BCUT2D eigenvalue weighted by Gasteiger charge is -2.02. The summed E-state index contributed by atoms with van der Waals surface area (Å²) < 4.78 is 14.4. The van der Waals surface area contributed by atoms with Crippen molar-refractivity contribution in [3.8, 4) is 0 Å². The van der Waals surface area contributed by atoms with Crippen molar-refractivity contribution in [1.82, 2.24) is 10.2 Å². The molecule has 0 aliphatic heterocycles. The van der Waals surface area contributed by atoms with Crippen molar-refractivity contribution in [2.75, 3.05) is 0 Å². The van der Waals surface area contributed by atoms with Gasteiger partial charge >= 0.3 is 0 Å². The van der Waals surface area contributed by atoms with E-state index in [-0.39, 0.29) is 5.84 Å². The number of benzene rings is 1. The van der Waals surface area contributed by atoms with E-state index in [0.29, 0.717) is 14.8 Å². The van der Waals surface area contributed by atoms with Gasteiger partial charge in [-0.2, -0.15) is 0 Å². The lowest BCUT2D eigenvalue weighted by molar-refractivity contribution is 0.601.